The minimum atomic E-state index is 0.424. The smallest absolute Gasteiger partial charge is 0.158 e. The predicted molar refractivity (Wildman–Crippen MR) is 134 cm³/mol. The summed E-state index contributed by atoms with van der Waals surface area (Å²) < 4.78 is 1.89. The van der Waals surface area contributed by atoms with Crippen molar-refractivity contribution in [2.45, 2.75) is 57.9 Å². The van der Waals surface area contributed by atoms with Gasteiger partial charge in [0.05, 0.1) is 5.69 Å². The van der Waals surface area contributed by atoms with Gasteiger partial charge in [-0.05, 0) is 92.5 Å². The van der Waals surface area contributed by atoms with Crippen molar-refractivity contribution in [3.8, 4) is 11.3 Å². The number of nitrogens with one attached hydrogen (secondary N) is 2. The van der Waals surface area contributed by atoms with Crippen molar-refractivity contribution in [2.75, 3.05) is 26.2 Å². The van der Waals surface area contributed by atoms with Crippen LogP contribution in [-0.2, 0) is 0 Å². The first-order chi connectivity index (χ1) is 16.1. The van der Waals surface area contributed by atoms with E-state index in [0.29, 0.717) is 11.8 Å². The molecule has 0 unspecified atom stereocenters. The van der Waals surface area contributed by atoms with Crippen LogP contribution in [0, 0.1) is 6.92 Å². The Morgan fingerprint density at radius 3 is 2.67 bits per heavy atom. The third kappa shape index (κ3) is 3.75. The molecular formula is C27H34N6. The summed E-state index contributed by atoms with van der Waals surface area (Å²) in [5, 5.41) is 9.30. The average Bonchev–Trinajstić information content (AvgIpc) is 3.41. The van der Waals surface area contributed by atoms with E-state index in [1.807, 2.05) is 4.52 Å². The summed E-state index contributed by atoms with van der Waals surface area (Å²) in [6.45, 7) is 11.6. The third-order valence-corrected chi connectivity index (χ3v) is 7.75. The summed E-state index contributed by atoms with van der Waals surface area (Å²) >= 11 is 0. The van der Waals surface area contributed by atoms with Crippen LogP contribution in [0.3, 0.4) is 0 Å². The zero-order valence-electron chi connectivity index (χ0n) is 19.9. The molecule has 6 heteroatoms. The van der Waals surface area contributed by atoms with E-state index in [9.17, 15) is 0 Å². The van der Waals surface area contributed by atoms with E-state index in [0.717, 1.165) is 17.3 Å². The molecule has 172 valence electrons. The Labute approximate surface area is 195 Å². The molecule has 0 aliphatic carbocycles. The van der Waals surface area contributed by atoms with Gasteiger partial charge in [0, 0.05) is 35.2 Å². The number of hydrogen-bond acceptors (Lipinski definition) is 4. The highest BCUT2D eigenvalue weighted by atomic mass is 15.3. The molecule has 2 N–H and O–H groups in total. The fourth-order valence-corrected chi connectivity index (χ4v) is 5.81. The number of rotatable bonds is 5. The van der Waals surface area contributed by atoms with Crippen LogP contribution in [0.5, 0.6) is 0 Å². The van der Waals surface area contributed by atoms with Crippen molar-refractivity contribution < 1.29 is 0 Å². The molecule has 0 amide bonds. The van der Waals surface area contributed by atoms with Crippen LogP contribution in [0.2, 0.25) is 0 Å². The highest BCUT2D eigenvalue weighted by Crippen LogP contribution is 2.38. The SMILES string of the molecule is Cc1cc(-c2[nH]c3ccc(C4CCN(C[C@@H]5CCN5)CC4)cc3c2C(C)C)cn2ncnc12. The number of aromatic nitrogens is 4. The van der Waals surface area contributed by atoms with E-state index < -0.39 is 0 Å². The number of aromatic amines is 1. The van der Waals surface area contributed by atoms with Gasteiger partial charge in [0.1, 0.15) is 6.33 Å². The molecule has 6 nitrogen and oxygen atoms in total. The van der Waals surface area contributed by atoms with Crippen LogP contribution in [0.1, 0.15) is 61.6 Å². The molecular weight excluding hydrogens is 408 g/mol. The summed E-state index contributed by atoms with van der Waals surface area (Å²) in [4.78, 5) is 10.8. The van der Waals surface area contributed by atoms with E-state index in [2.05, 4.69) is 76.5 Å². The summed E-state index contributed by atoms with van der Waals surface area (Å²) in [6, 6.07) is 10.1. The van der Waals surface area contributed by atoms with Crippen molar-refractivity contribution in [1.29, 1.82) is 0 Å². The highest BCUT2D eigenvalue weighted by molar-refractivity contribution is 5.92. The topological polar surface area (TPSA) is 61.2 Å². The normalized spacial score (nSPS) is 20.2. The molecule has 4 aromatic rings. The van der Waals surface area contributed by atoms with Gasteiger partial charge in [0.15, 0.2) is 5.65 Å². The number of aryl methyl sites for hydroxylation is 1. The van der Waals surface area contributed by atoms with Gasteiger partial charge in [-0.1, -0.05) is 19.9 Å². The number of likely N-dealkylation sites (tertiary alicyclic amines) is 1. The number of pyridine rings is 1. The molecule has 2 saturated heterocycles. The molecule has 2 aliphatic rings. The molecule has 2 aliphatic heterocycles. The molecule has 1 aromatic carbocycles. The number of nitrogens with zero attached hydrogens (tertiary/aromatic N) is 4. The van der Waals surface area contributed by atoms with E-state index in [-0.39, 0.29) is 0 Å². The number of hydrogen-bond donors (Lipinski definition) is 2. The fourth-order valence-electron chi connectivity index (χ4n) is 5.81. The largest absolute Gasteiger partial charge is 0.354 e. The van der Waals surface area contributed by atoms with Crippen LogP contribution in [0.4, 0.5) is 0 Å². The van der Waals surface area contributed by atoms with Crippen molar-refractivity contribution in [3.63, 3.8) is 0 Å². The summed E-state index contributed by atoms with van der Waals surface area (Å²) in [6.07, 6.45) is 7.58. The van der Waals surface area contributed by atoms with Gasteiger partial charge in [0.2, 0.25) is 0 Å². The van der Waals surface area contributed by atoms with E-state index in [1.54, 1.807) is 6.33 Å². The van der Waals surface area contributed by atoms with Gasteiger partial charge in [0.25, 0.3) is 0 Å². The molecule has 0 spiro atoms. The van der Waals surface area contributed by atoms with Gasteiger partial charge < -0.3 is 15.2 Å². The van der Waals surface area contributed by atoms with Crippen molar-refractivity contribution in [1.82, 2.24) is 29.8 Å². The number of fused-ring (bicyclic) bond motifs is 2. The first-order valence-corrected chi connectivity index (χ1v) is 12.5. The summed E-state index contributed by atoms with van der Waals surface area (Å²) in [5.41, 5.74) is 8.57. The summed E-state index contributed by atoms with van der Waals surface area (Å²) in [7, 11) is 0. The molecule has 5 heterocycles. The minimum Gasteiger partial charge on any atom is -0.354 e. The first kappa shape index (κ1) is 20.9. The van der Waals surface area contributed by atoms with Crippen molar-refractivity contribution >= 4 is 16.6 Å². The first-order valence-electron chi connectivity index (χ1n) is 12.5. The Kier molecular flexibility index (Phi) is 5.23. The number of piperidine rings is 1. The standard InChI is InChI=1S/C27H34N6/c1-17(2)25-23-13-20(19-7-10-32(11-8-19)15-22-6-9-28-22)4-5-24(23)31-26(25)21-12-18(3)27-29-16-30-33(27)14-21/h4-5,12-14,16-17,19,22,28,31H,6-11,15H2,1-3H3/t22-/m0/s1. The second-order valence-electron chi connectivity index (χ2n) is 10.3. The molecule has 0 radical (unpaired) electrons. The van der Waals surface area contributed by atoms with E-state index in [1.165, 1.54) is 78.7 Å². The Balaban J connectivity index is 1.32. The van der Waals surface area contributed by atoms with Gasteiger partial charge in [-0.15, -0.1) is 0 Å². The second kappa shape index (κ2) is 8.26. The van der Waals surface area contributed by atoms with Gasteiger partial charge in [-0.2, -0.15) is 5.10 Å². The van der Waals surface area contributed by atoms with Crippen molar-refractivity contribution in [3.05, 3.63) is 53.5 Å². The molecule has 2 fully saturated rings. The Morgan fingerprint density at radius 1 is 1.12 bits per heavy atom. The van der Waals surface area contributed by atoms with E-state index >= 15 is 0 Å². The predicted octanol–water partition coefficient (Wildman–Crippen LogP) is 4.85. The van der Waals surface area contributed by atoms with Gasteiger partial charge in [-0.3, -0.25) is 0 Å². The van der Waals surface area contributed by atoms with Crippen LogP contribution in [-0.4, -0.2) is 56.7 Å². The number of benzene rings is 1. The van der Waals surface area contributed by atoms with Crippen LogP contribution in [0.15, 0.2) is 36.8 Å². The Hall–Kier alpha value is -2.70. The third-order valence-electron chi connectivity index (χ3n) is 7.75. The van der Waals surface area contributed by atoms with Gasteiger partial charge >= 0.3 is 0 Å². The lowest BCUT2D eigenvalue weighted by Gasteiger charge is -2.37. The molecule has 1 atom stereocenters. The average molecular weight is 443 g/mol. The van der Waals surface area contributed by atoms with E-state index in [4.69, 9.17) is 0 Å². The molecule has 6 rings (SSSR count). The highest BCUT2D eigenvalue weighted by Gasteiger charge is 2.26. The maximum absolute atomic E-state index is 4.39. The molecule has 0 bridgehead atoms. The lowest BCUT2D eigenvalue weighted by molar-refractivity contribution is 0.169. The Morgan fingerprint density at radius 2 is 1.94 bits per heavy atom. The quantitative estimate of drug-likeness (QED) is 0.464. The van der Waals surface area contributed by atoms with Crippen LogP contribution in [0.25, 0.3) is 27.8 Å². The maximum atomic E-state index is 4.39. The molecule has 3 aromatic heterocycles. The monoisotopic (exact) mass is 442 g/mol. The lowest BCUT2D eigenvalue weighted by Crippen LogP contribution is -2.51. The fraction of sp³-hybridized carbons (Fsp3) is 0.481. The minimum absolute atomic E-state index is 0.424. The van der Waals surface area contributed by atoms with Gasteiger partial charge in [-0.25, -0.2) is 9.50 Å². The Bertz CT molecular complexity index is 1290. The maximum Gasteiger partial charge on any atom is 0.158 e. The lowest BCUT2D eigenvalue weighted by atomic mass is 9.87. The molecule has 0 saturated carbocycles. The summed E-state index contributed by atoms with van der Waals surface area (Å²) in [5.74, 6) is 1.08. The second-order valence-corrected chi connectivity index (χ2v) is 10.3. The molecule has 33 heavy (non-hydrogen) atoms. The van der Waals surface area contributed by atoms with Crippen molar-refractivity contribution in [2.24, 2.45) is 0 Å². The zero-order valence-corrected chi connectivity index (χ0v) is 19.9. The van der Waals surface area contributed by atoms with Crippen LogP contribution >= 0.6 is 0 Å². The van der Waals surface area contributed by atoms with Crippen LogP contribution < -0.4 is 5.32 Å². The number of H-pyrrole nitrogens is 1. The zero-order chi connectivity index (χ0) is 22.5.